The maximum Gasteiger partial charge on any atom is 0.240 e. The van der Waals surface area contributed by atoms with Crippen LogP contribution in [0, 0.1) is 5.82 Å². The number of hydrogen-bond donors (Lipinski definition) is 1. The van der Waals surface area contributed by atoms with Gasteiger partial charge >= 0.3 is 0 Å². The predicted molar refractivity (Wildman–Crippen MR) is 65.8 cm³/mol. The molecule has 0 aromatic heterocycles. The number of nitrogens with one attached hydrogen (secondary N) is 1. The third-order valence-corrected chi connectivity index (χ3v) is 4.17. The first-order valence-electron chi connectivity index (χ1n) is 4.83. The second-order valence-electron chi connectivity index (χ2n) is 3.55. The van der Waals surface area contributed by atoms with E-state index in [0.29, 0.717) is 0 Å². The first-order chi connectivity index (χ1) is 7.86. The zero-order chi connectivity index (χ0) is 13.1. The fraction of sp³-hybridized carbons (Fsp3) is 0.400. The van der Waals surface area contributed by atoms with Crippen molar-refractivity contribution in [2.24, 2.45) is 0 Å². The first kappa shape index (κ1) is 14.6. The average Bonchev–Trinajstić information content (AvgIpc) is 2.21. The van der Waals surface area contributed by atoms with Gasteiger partial charge in [0.05, 0.1) is 16.0 Å². The van der Waals surface area contributed by atoms with Gasteiger partial charge in [-0.3, -0.25) is 0 Å². The van der Waals surface area contributed by atoms with E-state index in [1.165, 1.54) is 19.2 Å². The van der Waals surface area contributed by atoms with Crippen LogP contribution in [0.5, 0.6) is 0 Å². The van der Waals surface area contributed by atoms with Crippen LogP contribution in [0.2, 0.25) is 0 Å². The molecule has 1 N–H and O–H groups in total. The highest BCUT2D eigenvalue weighted by atomic mass is 79.9. The Morgan fingerprint density at radius 3 is 2.71 bits per heavy atom. The molecule has 0 fully saturated rings. The minimum absolute atomic E-state index is 0.00808. The number of benzene rings is 1. The van der Waals surface area contributed by atoms with Gasteiger partial charge in [0, 0.05) is 13.2 Å². The molecule has 1 rings (SSSR count). The molecule has 1 atom stereocenters. The van der Waals surface area contributed by atoms with E-state index in [0.717, 1.165) is 6.07 Å². The molecule has 0 bridgehead atoms. The number of halogens is 2. The van der Waals surface area contributed by atoms with E-state index in [1.807, 2.05) is 0 Å². The largest absolute Gasteiger partial charge is 0.383 e. The van der Waals surface area contributed by atoms with Crippen LogP contribution >= 0.6 is 15.9 Å². The molecule has 4 nitrogen and oxygen atoms in total. The third kappa shape index (κ3) is 4.02. The molecule has 17 heavy (non-hydrogen) atoms. The SMILES string of the molecule is COC[C@H](C)NS(=O)(=O)c1ccc(F)c(Br)c1. The van der Waals surface area contributed by atoms with Gasteiger partial charge in [-0.1, -0.05) is 0 Å². The molecule has 0 saturated carbocycles. The van der Waals surface area contributed by atoms with Crippen molar-refractivity contribution in [2.75, 3.05) is 13.7 Å². The van der Waals surface area contributed by atoms with Crippen LogP contribution < -0.4 is 4.72 Å². The van der Waals surface area contributed by atoms with Crippen molar-refractivity contribution in [3.8, 4) is 0 Å². The Bertz CT molecular complexity index is 492. The molecule has 0 spiro atoms. The summed E-state index contributed by atoms with van der Waals surface area (Å²) in [6.45, 7) is 1.95. The fourth-order valence-electron chi connectivity index (χ4n) is 1.26. The summed E-state index contributed by atoms with van der Waals surface area (Å²) in [4.78, 5) is 0.00808. The van der Waals surface area contributed by atoms with Gasteiger partial charge in [0.1, 0.15) is 5.82 Å². The van der Waals surface area contributed by atoms with Crippen LogP contribution in [-0.4, -0.2) is 28.2 Å². The second-order valence-corrected chi connectivity index (χ2v) is 6.12. The van der Waals surface area contributed by atoms with Crippen LogP contribution in [-0.2, 0) is 14.8 Å². The van der Waals surface area contributed by atoms with Crippen LogP contribution in [0.1, 0.15) is 6.92 Å². The van der Waals surface area contributed by atoms with Crippen LogP contribution in [0.4, 0.5) is 4.39 Å². The van der Waals surface area contributed by atoms with E-state index < -0.39 is 15.8 Å². The molecule has 0 radical (unpaired) electrons. The normalized spacial score (nSPS) is 13.6. The zero-order valence-corrected chi connectivity index (χ0v) is 11.8. The molecule has 0 saturated heterocycles. The molecule has 0 unspecified atom stereocenters. The summed E-state index contributed by atoms with van der Waals surface area (Å²) in [5.74, 6) is -0.506. The van der Waals surface area contributed by atoms with E-state index >= 15 is 0 Å². The topological polar surface area (TPSA) is 55.4 Å². The lowest BCUT2D eigenvalue weighted by molar-refractivity contribution is 0.180. The lowest BCUT2D eigenvalue weighted by Gasteiger charge is -2.13. The molecule has 7 heteroatoms. The molecule has 1 aromatic rings. The number of hydrogen-bond acceptors (Lipinski definition) is 3. The van der Waals surface area contributed by atoms with Crippen molar-refractivity contribution in [1.82, 2.24) is 4.72 Å². The van der Waals surface area contributed by atoms with Crippen LogP contribution in [0.25, 0.3) is 0 Å². The van der Waals surface area contributed by atoms with Gasteiger partial charge < -0.3 is 4.74 Å². The van der Waals surface area contributed by atoms with Crippen molar-refractivity contribution in [3.63, 3.8) is 0 Å². The minimum Gasteiger partial charge on any atom is -0.383 e. The van der Waals surface area contributed by atoms with Crippen molar-refractivity contribution in [3.05, 3.63) is 28.5 Å². The van der Waals surface area contributed by atoms with Gasteiger partial charge in [0.2, 0.25) is 10.0 Å². The molecular weight excluding hydrogens is 313 g/mol. The Labute approximate surface area is 108 Å². The highest BCUT2D eigenvalue weighted by Crippen LogP contribution is 2.20. The van der Waals surface area contributed by atoms with Crippen molar-refractivity contribution < 1.29 is 17.5 Å². The maximum absolute atomic E-state index is 13.0. The Morgan fingerprint density at radius 1 is 1.53 bits per heavy atom. The molecule has 96 valence electrons. The predicted octanol–water partition coefficient (Wildman–Crippen LogP) is 1.90. The monoisotopic (exact) mass is 325 g/mol. The van der Waals surface area contributed by atoms with Gasteiger partial charge in [-0.15, -0.1) is 0 Å². The molecule has 0 heterocycles. The Balaban J connectivity index is 2.93. The standard InChI is InChI=1S/C10H13BrFNO3S/c1-7(6-16-2)13-17(14,15)8-3-4-10(12)9(11)5-8/h3-5,7,13H,6H2,1-2H3/t7-/m0/s1. The van der Waals surface area contributed by atoms with E-state index in [2.05, 4.69) is 20.7 Å². The van der Waals surface area contributed by atoms with E-state index in [-0.39, 0.29) is 22.0 Å². The summed E-state index contributed by atoms with van der Waals surface area (Å²) >= 11 is 2.94. The average molecular weight is 326 g/mol. The van der Waals surface area contributed by atoms with E-state index in [4.69, 9.17) is 4.74 Å². The summed E-state index contributed by atoms with van der Waals surface area (Å²) in [5, 5.41) is 0. The number of ether oxygens (including phenoxy) is 1. The highest BCUT2D eigenvalue weighted by molar-refractivity contribution is 9.10. The maximum atomic E-state index is 13.0. The Kier molecular flexibility index (Phi) is 5.05. The van der Waals surface area contributed by atoms with Gasteiger partial charge in [0.15, 0.2) is 0 Å². The van der Waals surface area contributed by atoms with Crippen molar-refractivity contribution in [2.45, 2.75) is 17.9 Å². The third-order valence-electron chi connectivity index (χ3n) is 1.97. The molecule has 0 aliphatic rings. The zero-order valence-electron chi connectivity index (χ0n) is 9.41. The van der Waals surface area contributed by atoms with Gasteiger partial charge in [-0.05, 0) is 41.1 Å². The van der Waals surface area contributed by atoms with Crippen LogP contribution in [0.15, 0.2) is 27.6 Å². The Morgan fingerprint density at radius 2 is 2.18 bits per heavy atom. The number of rotatable bonds is 5. The van der Waals surface area contributed by atoms with Gasteiger partial charge in [0.25, 0.3) is 0 Å². The second kappa shape index (κ2) is 5.90. The summed E-state index contributed by atoms with van der Waals surface area (Å²) in [5.41, 5.74) is 0. The van der Waals surface area contributed by atoms with Crippen molar-refractivity contribution in [1.29, 1.82) is 0 Å². The minimum atomic E-state index is -3.65. The van der Waals surface area contributed by atoms with E-state index in [9.17, 15) is 12.8 Å². The Hall–Kier alpha value is -0.500. The number of sulfonamides is 1. The van der Waals surface area contributed by atoms with Gasteiger partial charge in [-0.25, -0.2) is 17.5 Å². The summed E-state index contributed by atoms with van der Waals surface area (Å²) in [7, 11) is -2.16. The van der Waals surface area contributed by atoms with E-state index in [1.54, 1.807) is 6.92 Å². The lowest BCUT2D eigenvalue weighted by atomic mass is 10.3. The molecule has 0 aliphatic heterocycles. The van der Waals surface area contributed by atoms with Crippen LogP contribution in [0.3, 0.4) is 0 Å². The molecule has 1 aromatic carbocycles. The quantitative estimate of drug-likeness (QED) is 0.899. The highest BCUT2D eigenvalue weighted by Gasteiger charge is 2.18. The van der Waals surface area contributed by atoms with Gasteiger partial charge in [-0.2, -0.15) is 0 Å². The molecular formula is C10H13BrFNO3S. The first-order valence-corrected chi connectivity index (χ1v) is 7.10. The van der Waals surface area contributed by atoms with Crippen molar-refractivity contribution >= 4 is 26.0 Å². The lowest BCUT2D eigenvalue weighted by Crippen LogP contribution is -2.35. The fourth-order valence-corrected chi connectivity index (χ4v) is 3.05. The summed E-state index contributed by atoms with van der Waals surface area (Å²) < 4.78 is 44.1. The molecule has 0 amide bonds. The smallest absolute Gasteiger partial charge is 0.240 e. The molecule has 0 aliphatic carbocycles. The summed E-state index contributed by atoms with van der Waals surface area (Å²) in [6.07, 6.45) is 0. The number of methoxy groups -OCH3 is 1. The summed E-state index contributed by atoms with van der Waals surface area (Å²) in [6, 6.07) is 3.17.